The van der Waals surface area contributed by atoms with Gasteiger partial charge in [0.2, 0.25) is 0 Å². The van der Waals surface area contributed by atoms with E-state index >= 15 is 0 Å². The number of rotatable bonds is 4. The third kappa shape index (κ3) is 3.88. The van der Waals surface area contributed by atoms with Gasteiger partial charge in [0.05, 0.1) is 31.3 Å². The predicted molar refractivity (Wildman–Crippen MR) is 107 cm³/mol. The van der Waals surface area contributed by atoms with Gasteiger partial charge in [-0.25, -0.2) is 0 Å². The number of benzene rings is 2. The maximum Gasteiger partial charge on any atom is 0.256 e. The van der Waals surface area contributed by atoms with Crippen molar-refractivity contribution < 1.29 is 14.6 Å². The number of halogens is 4. The number of carbonyl (C=O) groups is 1. The zero-order chi connectivity index (χ0) is 18.1. The molecule has 25 heavy (non-hydrogen) atoms. The van der Waals surface area contributed by atoms with Crippen LogP contribution in [-0.2, 0) is 4.79 Å². The van der Waals surface area contributed by atoms with E-state index in [-0.39, 0.29) is 19.1 Å². The third-order valence-electron chi connectivity index (χ3n) is 3.51. The molecule has 0 fully saturated rings. The molecule has 2 aromatic rings. The number of hydrogen-bond donors (Lipinski definition) is 2. The fourth-order valence-corrected chi connectivity index (χ4v) is 4.22. The minimum absolute atomic E-state index is 0.0784. The van der Waals surface area contributed by atoms with Crippen LogP contribution in [0.15, 0.2) is 33.2 Å². The Morgan fingerprint density at radius 1 is 1.12 bits per heavy atom. The lowest BCUT2D eigenvalue weighted by Gasteiger charge is -2.10. The number of nitrogens with one attached hydrogen (secondary N) is 1. The number of anilines is 1. The van der Waals surface area contributed by atoms with Gasteiger partial charge in [0.25, 0.3) is 5.91 Å². The molecule has 3 rings (SSSR count). The summed E-state index contributed by atoms with van der Waals surface area (Å²) >= 11 is 19.0. The fraction of sp³-hybridized carbons (Fsp3) is 0.118. The van der Waals surface area contributed by atoms with Gasteiger partial charge in [0, 0.05) is 11.1 Å². The number of carbonyl (C=O) groups excluding carboxylic acids is 1. The monoisotopic (exact) mass is 505 g/mol. The van der Waals surface area contributed by atoms with Crippen molar-refractivity contribution in [2.24, 2.45) is 0 Å². The first-order valence-electron chi connectivity index (χ1n) is 7.16. The van der Waals surface area contributed by atoms with E-state index in [2.05, 4.69) is 37.2 Å². The van der Waals surface area contributed by atoms with Gasteiger partial charge in [-0.15, -0.1) is 0 Å². The van der Waals surface area contributed by atoms with Crippen molar-refractivity contribution in [3.05, 3.63) is 54.4 Å². The molecule has 0 aromatic heterocycles. The quantitative estimate of drug-likeness (QED) is 0.546. The second-order valence-electron chi connectivity index (χ2n) is 5.21. The minimum atomic E-state index is -0.221. The summed E-state index contributed by atoms with van der Waals surface area (Å²) < 4.78 is 6.88. The van der Waals surface area contributed by atoms with Crippen LogP contribution < -0.4 is 10.1 Å². The number of hydrogen-bond acceptors (Lipinski definition) is 3. The Bertz CT molecular complexity index is 877. The summed E-state index contributed by atoms with van der Waals surface area (Å²) in [5, 5.41) is 12.4. The van der Waals surface area contributed by atoms with Gasteiger partial charge in [-0.05, 0) is 67.8 Å². The molecule has 8 heteroatoms. The molecule has 1 heterocycles. The lowest BCUT2D eigenvalue weighted by atomic mass is 10.0. The summed E-state index contributed by atoms with van der Waals surface area (Å²) in [6.07, 6.45) is 1.76. The highest BCUT2D eigenvalue weighted by atomic mass is 79.9. The van der Waals surface area contributed by atoms with E-state index in [1.54, 1.807) is 18.2 Å². The number of ether oxygens (including phenoxy) is 1. The summed E-state index contributed by atoms with van der Waals surface area (Å²) in [6, 6.07) is 6.96. The lowest BCUT2D eigenvalue weighted by Crippen LogP contribution is -2.04. The standard InChI is InChI=1S/C17H11Br2Cl2NO3/c18-11-4-8(5-12(19)16(11)25-2-1-23)3-10-9-6-13(20)14(21)7-15(9)22-17(10)24/h3-7,23H,1-2H2,(H,22,24)/b10-3-. The van der Waals surface area contributed by atoms with Crippen molar-refractivity contribution in [3.63, 3.8) is 0 Å². The molecule has 4 nitrogen and oxygen atoms in total. The van der Waals surface area contributed by atoms with Crippen molar-refractivity contribution in [3.8, 4) is 5.75 Å². The molecule has 0 bridgehead atoms. The molecule has 1 aliphatic heterocycles. The Morgan fingerprint density at radius 3 is 2.40 bits per heavy atom. The average Bonchev–Trinajstić information content (AvgIpc) is 2.83. The number of aliphatic hydroxyl groups excluding tert-OH is 1. The van der Waals surface area contributed by atoms with Crippen LogP contribution in [0.3, 0.4) is 0 Å². The van der Waals surface area contributed by atoms with Crippen LogP contribution in [0.1, 0.15) is 11.1 Å². The molecule has 1 aliphatic rings. The van der Waals surface area contributed by atoms with Crippen LogP contribution in [0, 0.1) is 0 Å². The number of fused-ring (bicyclic) bond motifs is 1. The lowest BCUT2D eigenvalue weighted by molar-refractivity contribution is -0.110. The zero-order valence-corrected chi connectivity index (χ0v) is 17.3. The van der Waals surface area contributed by atoms with Crippen LogP contribution in [0.5, 0.6) is 5.75 Å². The summed E-state index contributed by atoms with van der Waals surface area (Å²) in [7, 11) is 0. The highest BCUT2D eigenvalue weighted by Crippen LogP contribution is 2.40. The molecule has 0 saturated heterocycles. The molecule has 0 atom stereocenters. The molecule has 0 radical (unpaired) electrons. The highest BCUT2D eigenvalue weighted by Gasteiger charge is 2.25. The Hall–Kier alpha value is -1.05. The van der Waals surface area contributed by atoms with E-state index in [0.717, 1.165) is 5.56 Å². The molecule has 1 amide bonds. The molecular formula is C17H11Br2Cl2NO3. The van der Waals surface area contributed by atoms with Crippen molar-refractivity contribution in [2.75, 3.05) is 18.5 Å². The van der Waals surface area contributed by atoms with Crippen molar-refractivity contribution >= 4 is 78.3 Å². The van der Waals surface area contributed by atoms with Gasteiger partial charge in [-0.2, -0.15) is 0 Å². The van der Waals surface area contributed by atoms with Crippen LogP contribution in [0.25, 0.3) is 11.6 Å². The molecule has 130 valence electrons. The SMILES string of the molecule is O=C1Nc2cc(Cl)c(Cl)cc2/C1=C/c1cc(Br)c(OCCO)c(Br)c1. The van der Waals surface area contributed by atoms with Gasteiger partial charge in [0.1, 0.15) is 12.4 Å². The Kier molecular flexibility index (Phi) is 5.75. The topological polar surface area (TPSA) is 58.6 Å². The summed E-state index contributed by atoms with van der Waals surface area (Å²) in [5.41, 5.74) is 2.62. The van der Waals surface area contributed by atoms with Crippen LogP contribution in [-0.4, -0.2) is 24.2 Å². The maximum atomic E-state index is 12.3. The van der Waals surface area contributed by atoms with Crippen molar-refractivity contribution in [1.29, 1.82) is 0 Å². The normalized spacial score (nSPS) is 14.6. The van der Waals surface area contributed by atoms with E-state index < -0.39 is 0 Å². The summed E-state index contributed by atoms with van der Waals surface area (Å²) in [4.78, 5) is 12.3. The van der Waals surface area contributed by atoms with Gasteiger partial charge in [-0.1, -0.05) is 23.2 Å². The first-order valence-corrected chi connectivity index (χ1v) is 9.50. The first kappa shape index (κ1) is 18.7. The second kappa shape index (κ2) is 7.68. The summed E-state index contributed by atoms with van der Waals surface area (Å²) in [5.74, 6) is 0.364. The van der Waals surface area contributed by atoms with E-state index in [0.29, 0.717) is 41.6 Å². The van der Waals surface area contributed by atoms with Gasteiger partial charge in [0.15, 0.2) is 0 Å². The average molecular weight is 508 g/mol. The van der Waals surface area contributed by atoms with Gasteiger partial charge in [-0.3, -0.25) is 4.79 Å². The van der Waals surface area contributed by atoms with Gasteiger partial charge >= 0.3 is 0 Å². The van der Waals surface area contributed by atoms with Crippen molar-refractivity contribution in [2.45, 2.75) is 0 Å². The Labute approximate surface area is 171 Å². The van der Waals surface area contributed by atoms with E-state index in [4.69, 9.17) is 33.0 Å². The number of amides is 1. The smallest absolute Gasteiger partial charge is 0.256 e. The largest absolute Gasteiger partial charge is 0.489 e. The molecule has 2 aromatic carbocycles. The molecule has 0 spiro atoms. The second-order valence-corrected chi connectivity index (χ2v) is 7.73. The fourth-order valence-electron chi connectivity index (χ4n) is 2.44. The van der Waals surface area contributed by atoms with E-state index in [1.165, 1.54) is 0 Å². The molecular weight excluding hydrogens is 497 g/mol. The van der Waals surface area contributed by atoms with E-state index in [1.807, 2.05) is 12.1 Å². The van der Waals surface area contributed by atoms with Crippen LogP contribution >= 0.6 is 55.1 Å². The van der Waals surface area contributed by atoms with Gasteiger partial charge < -0.3 is 15.2 Å². The number of aliphatic hydroxyl groups is 1. The molecule has 0 unspecified atom stereocenters. The minimum Gasteiger partial charge on any atom is -0.489 e. The highest BCUT2D eigenvalue weighted by molar-refractivity contribution is 9.11. The molecule has 2 N–H and O–H groups in total. The molecule has 0 saturated carbocycles. The summed E-state index contributed by atoms with van der Waals surface area (Å²) in [6.45, 7) is 0.109. The molecule has 0 aliphatic carbocycles. The van der Waals surface area contributed by atoms with Crippen LogP contribution in [0.4, 0.5) is 5.69 Å². The Balaban J connectivity index is 2.02. The predicted octanol–water partition coefficient (Wildman–Crippen LogP) is 5.38. The van der Waals surface area contributed by atoms with Crippen molar-refractivity contribution in [1.82, 2.24) is 0 Å². The Morgan fingerprint density at radius 2 is 1.76 bits per heavy atom. The maximum absolute atomic E-state index is 12.3. The first-order chi connectivity index (χ1) is 11.9. The zero-order valence-electron chi connectivity index (χ0n) is 12.6. The third-order valence-corrected chi connectivity index (χ3v) is 5.41. The van der Waals surface area contributed by atoms with E-state index in [9.17, 15) is 4.79 Å². The van der Waals surface area contributed by atoms with Crippen LogP contribution in [0.2, 0.25) is 10.0 Å².